The molecule has 0 aliphatic heterocycles. The lowest BCUT2D eigenvalue weighted by Crippen LogP contribution is -2.36. The summed E-state index contributed by atoms with van der Waals surface area (Å²) in [5.74, 6) is 0. The lowest BCUT2D eigenvalue weighted by atomic mass is 10.00. The highest BCUT2D eigenvalue weighted by Gasteiger charge is 2.17. The monoisotopic (exact) mass is 250 g/mol. The van der Waals surface area contributed by atoms with E-state index in [4.69, 9.17) is 10.5 Å². The molecule has 0 aliphatic rings. The van der Waals surface area contributed by atoms with Crippen molar-refractivity contribution >= 4 is 0 Å². The lowest BCUT2D eigenvalue weighted by molar-refractivity contribution is 0.125. The van der Waals surface area contributed by atoms with Crippen LogP contribution in [0.1, 0.15) is 29.7 Å². The van der Waals surface area contributed by atoms with Gasteiger partial charge in [0.25, 0.3) is 0 Å². The van der Waals surface area contributed by atoms with Crippen molar-refractivity contribution in [3.63, 3.8) is 0 Å². The summed E-state index contributed by atoms with van der Waals surface area (Å²) < 4.78 is 5.17. The minimum atomic E-state index is 0.281. The van der Waals surface area contributed by atoms with Gasteiger partial charge in [0.15, 0.2) is 0 Å². The van der Waals surface area contributed by atoms with Gasteiger partial charge < -0.3 is 10.5 Å². The third-order valence-electron chi connectivity index (χ3n) is 3.28. The topological polar surface area (TPSA) is 38.5 Å². The van der Waals surface area contributed by atoms with Crippen LogP contribution in [0, 0.1) is 13.8 Å². The predicted octanol–water partition coefficient (Wildman–Crippen LogP) is 2.27. The second-order valence-corrected chi connectivity index (χ2v) is 4.79. The molecule has 0 bridgehead atoms. The molecule has 1 unspecified atom stereocenters. The Morgan fingerprint density at radius 1 is 1.22 bits per heavy atom. The first-order valence-electron chi connectivity index (χ1n) is 6.63. The molecule has 0 amide bonds. The van der Waals surface area contributed by atoms with Crippen molar-refractivity contribution in [1.29, 1.82) is 0 Å². The molecular formula is C15H26N2O. The molecule has 1 aromatic rings. The Balaban J connectivity index is 2.91. The maximum Gasteiger partial charge on any atom is 0.0589 e. The average Bonchev–Trinajstić information content (AvgIpc) is 2.33. The second kappa shape index (κ2) is 7.52. The van der Waals surface area contributed by atoms with Gasteiger partial charge in [0, 0.05) is 26.2 Å². The number of hydrogen-bond donors (Lipinski definition) is 1. The van der Waals surface area contributed by atoms with E-state index in [1.807, 2.05) is 0 Å². The molecule has 0 heterocycles. The molecule has 3 nitrogen and oxygen atoms in total. The molecule has 0 fully saturated rings. The van der Waals surface area contributed by atoms with Gasteiger partial charge in [-0.3, -0.25) is 4.90 Å². The Morgan fingerprint density at radius 3 is 2.28 bits per heavy atom. The van der Waals surface area contributed by atoms with Gasteiger partial charge in [-0.2, -0.15) is 0 Å². The van der Waals surface area contributed by atoms with Crippen LogP contribution < -0.4 is 5.73 Å². The van der Waals surface area contributed by atoms with Crippen molar-refractivity contribution in [1.82, 2.24) is 4.90 Å². The number of nitrogens with two attached hydrogens (primary N) is 1. The van der Waals surface area contributed by atoms with Gasteiger partial charge in [-0.25, -0.2) is 0 Å². The van der Waals surface area contributed by atoms with Gasteiger partial charge in [-0.1, -0.05) is 36.2 Å². The molecular weight excluding hydrogens is 224 g/mol. The Bertz CT molecular complexity index is 345. The summed E-state index contributed by atoms with van der Waals surface area (Å²) >= 11 is 0. The summed E-state index contributed by atoms with van der Waals surface area (Å²) in [6.45, 7) is 9.72. The highest BCUT2D eigenvalue weighted by atomic mass is 16.5. The van der Waals surface area contributed by atoms with Crippen molar-refractivity contribution in [2.45, 2.75) is 26.8 Å². The lowest BCUT2D eigenvalue weighted by Gasteiger charge is -2.30. The van der Waals surface area contributed by atoms with Crippen molar-refractivity contribution < 1.29 is 4.74 Å². The molecule has 0 saturated heterocycles. The summed E-state index contributed by atoms with van der Waals surface area (Å²) in [6, 6.07) is 6.95. The molecule has 0 spiro atoms. The van der Waals surface area contributed by atoms with Gasteiger partial charge in [0.1, 0.15) is 0 Å². The zero-order valence-electron chi connectivity index (χ0n) is 12.1. The van der Waals surface area contributed by atoms with Gasteiger partial charge in [0.05, 0.1) is 6.61 Å². The number of hydrogen-bond acceptors (Lipinski definition) is 3. The maximum absolute atomic E-state index is 5.97. The van der Waals surface area contributed by atoms with Crippen LogP contribution in [0.25, 0.3) is 0 Å². The van der Waals surface area contributed by atoms with Crippen LogP contribution in [0.15, 0.2) is 18.2 Å². The largest absolute Gasteiger partial charge is 0.383 e. The molecule has 1 atom stereocenters. The number of nitrogens with zero attached hydrogens (tertiary/aromatic N) is 1. The molecule has 2 N–H and O–H groups in total. The van der Waals surface area contributed by atoms with Crippen LogP contribution >= 0.6 is 0 Å². The van der Waals surface area contributed by atoms with Gasteiger partial charge >= 0.3 is 0 Å². The number of rotatable bonds is 7. The number of benzene rings is 1. The van der Waals surface area contributed by atoms with Crippen LogP contribution in [0.2, 0.25) is 0 Å². The molecule has 0 saturated carbocycles. The SMILES string of the molecule is CCN(CCOC)C(CN)c1cc(C)cc(C)c1. The first-order valence-corrected chi connectivity index (χ1v) is 6.63. The highest BCUT2D eigenvalue weighted by Crippen LogP contribution is 2.21. The van der Waals surface area contributed by atoms with E-state index in [0.29, 0.717) is 6.54 Å². The molecule has 3 heteroatoms. The maximum atomic E-state index is 5.97. The minimum absolute atomic E-state index is 0.281. The highest BCUT2D eigenvalue weighted by molar-refractivity contribution is 5.31. The smallest absolute Gasteiger partial charge is 0.0589 e. The first-order chi connectivity index (χ1) is 8.62. The third-order valence-corrected chi connectivity index (χ3v) is 3.28. The van der Waals surface area contributed by atoms with Crippen molar-refractivity contribution in [2.24, 2.45) is 5.73 Å². The number of methoxy groups -OCH3 is 1. The molecule has 0 aromatic heterocycles. The van der Waals surface area contributed by atoms with Crippen molar-refractivity contribution in [2.75, 3.05) is 33.4 Å². The molecule has 0 aliphatic carbocycles. The number of ether oxygens (including phenoxy) is 1. The van der Waals surface area contributed by atoms with E-state index in [2.05, 4.69) is 43.9 Å². The fraction of sp³-hybridized carbons (Fsp3) is 0.600. The standard InChI is InChI=1S/C15H26N2O/c1-5-17(6-7-18-4)15(11-16)14-9-12(2)8-13(3)10-14/h8-10,15H,5-7,11,16H2,1-4H3. The van der Waals surface area contributed by atoms with Crippen molar-refractivity contribution in [3.05, 3.63) is 34.9 Å². The first kappa shape index (κ1) is 15.2. The van der Waals surface area contributed by atoms with E-state index in [9.17, 15) is 0 Å². The van der Waals surface area contributed by atoms with Gasteiger partial charge in [0.2, 0.25) is 0 Å². The van der Waals surface area contributed by atoms with E-state index in [1.54, 1.807) is 7.11 Å². The van der Waals surface area contributed by atoms with E-state index >= 15 is 0 Å². The van der Waals surface area contributed by atoms with Gasteiger partial charge in [-0.15, -0.1) is 0 Å². The average molecular weight is 250 g/mol. The van der Waals surface area contributed by atoms with Crippen LogP contribution in [-0.4, -0.2) is 38.3 Å². The van der Waals surface area contributed by atoms with E-state index in [-0.39, 0.29) is 6.04 Å². The quantitative estimate of drug-likeness (QED) is 0.807. The Hall–Kier alpha value is -0.900. The molecule has 102 valence electrons. The zero-order valence-corrected chi connectivity index (χ0v) is 12.1. The fourth-order valence-electron chi connectivity index (χ4n) is 2.44. The number of aryl methyl sites for hydroxylation is 2. The summed E-state index contributed by atoms with van der Waals surface area (Å²) in [6.07, 6.45) is 0. The number of likely N-dealkylation sites (N-methyl/N-ethyl adjacent to an activating group) is 1. The normalized spacial score (nSPS) is 13.0. The molecule has 1 rings (SSSR count). The zero-order chi connectivity index (χ0) is 13.5. The second-order valence-electron chi connectivity index (χ2n) is 4.79. The van der Waals surface area contributed by atoms with E-state index in [1.165, 1.54) is 16.7 Å². The molecule has 18 heavy (non-hydrogen) atoms. The molecule has 0 radical (unpaired) electrons. The molecule has 1 aromatic carbocycles. The van der Waals surface area contributed by atoms with Crippen molar-refractivity contribution in [3.8, 4) is 0 Å². The minimum Gasteiger partial charge on any atom is -0.383 e. The van der Waals surface area contributed by atoms with Crippen LogP contribution in [-0.2, 0) is 4.74 Å². The van der Waals surface area contributed by atoms with Gasteiger partial charge in [-0.05, 0) is 26.0 Å². The van der Waals surface area contributed by atoms with E-state index in [0.717, 1.165) is 19.7 Å². The Morgan fingerprint density at radius 2 is 1.83 bits per heavy atom. The Kier molecular flexibility index (Phi) is 6.33. The summed E-state index contributed by atoms with van der Waals surface area (Å²) in [5.41, 5.74) is 9.88. The van der Waals surface area contributed by atoms with Crippen LogP contribution in [0.4, 0.5) is 0 Å². The fourth-order valence-corrected chi connectivity index (χ4v) is 2.44. The Labute approximate surface area is 111 Å². The van der Waals surface area contributed by atoms with Crippen LogP contribution in [0.5, 0.6) is 0 Å². The summed E-state index contributed by atoms with van der Waals surface area (Å²) in [5, 5.41) is 0. The summed E-state index contributed by atoms with van der Waals surface area (Å²) in [4.78, 5) is 2.37. The van der Waals surface area contributed by atoms with E-state index < -0.39 is 0 Å². The van der Waals surface area contributed by atoms with Crippen LogP contribution in [0.3, 0.4) is 0 Å². The predicted molar refractivity (Wildman–Crippen MR) is 76.8 cm³/mol. The third kappa shape index (κ3) is 4.09. The summed E-state index contributed by atoms with van der Waals surface area (Å²) in [7, 11) is 1.74.